The van der Waals surface area contributed by atoms with Crippen molar-refractivity contribution in [2.24, 2.45) is 0 Å². The Morgan fingerprint density at radius 1 is 1.26 bits per heavy atom. The van der Waals surface area contributed by atoms with Crippen LogP contribution in [0.1, 0.15) is 20.3 Å². The lowest BCUT2D eigenvalue weighted by atomic mass is 10.1. The lowest BCUT2D eigenvalue weighted by molar-refractivity contribution is -0.126. The Kier molecular flexibility index (Phi) is 7.42. The fourth-order valence-corrected chi connectivity index (χ4v) is 4.33. The molecule has 1 heterocycles. The number of nitrogens with zero attached hydrogens (tertiary/aromatic N) is 3. The Balaban J connectivity index is 2.16. The molecule has 0 saturated carbocycles. The molecule has 1 amide bonds. The third kappa shape index (κ3) is 4.69. The topological polar surface area (TPSA) is 125 Å². The van der Waals surface area contributed by atoms with Crippen LogP contribution in [0.3, 0.4) is 0 Å². The lowest BCUT2D eigenvalue weighted by Gasteiger charge is -2.31. The molecule has 9 nitrogen and oxygen atoms in total. The summed E-state index contributed by atoms with van der Waals surface area (Å²) in [7, 11) is -4.12. The molecule has 34 heavy (non-hydrogen) atoms. The first-order chi connectivity index (χ1) is 16.0. The minimum absolute atomic E-state index is 0.0569. The van der Waals surface area contributed by atoms with Gasteiger partial charge in [0.25, 0.3) is 11.3 Å². The highest BCUT2D eigenvalue weighted by Crippen LogP contribution is 2.55. The molecule has 0 aliphatic heterocycles. The molecule has 1 atom stereocenters. The van der Waals surface area contributed by atoms with Crippen molar-refractivity contribution in [3.05, 3.63) is 47.5 Å². The van der Waals surface area contributed by atoms with E-state index in [4.69, 9.17) is 16.3 Å². The largest absolute Gasteiger partial charge is 0.494 e. The Labute approximate surface area is 198 Å². The monoisotopic (exact) mass is 514 g/mol. The van der Waals surface area contributed by atoms with Crippen LogP contribution in [-0.4, -0.2) is 44.7 Å². The first-order valence-electron chi connectivity index (χ1n) is 10.1. The van der Waals surface area contributed by atoms with Crippen LogP contribution in [0.15, 0.2) is 36.7 Å². The predicted molar refractivity (Wildman–Crippen MR) is 125 cm³/mol. The van der Waals surface area contributed by atoms with Gasteiger partial charge >= 0.3 is 7.60 Å². The number of ether oxygens (including phenoxy) is 1. The van der Waals surface area contributed by atoms with Crippen LogP contribution in [0, 0.1) is 5.82 Å². The Morgan fingerprint density at radius 3 is 2.53 bits per heavy atom. The van der Waals surface area contributed by atoms with Crippen molar-refractivity contribution in [2.75, 3.05) is 23.9 Å². The molecule has 0 bridgehead atoms. The number of methoxy groups -OCH3 is 1. The van der Waals surface area contributed by atoms with Gasteiger partial charge in [-0.1, -0.05) is 18.5 Å². The number of amides is 1. The van der Waals surface area contributed by atoms with Gasteiger partial charge in [-0.2, -0.15) is 0 Å². The summed E-state index contributed by atoms with van der Waals surface area (Å²) < 4.78 is 46.0. The van der Waals surface area contributed by atoms with Gasteiger partial charge in [-0.15, -0.1) is 0 Å². The zero-order chi connectivity index (χ0) is 25.3. The van der Waals surface area contributed by atoms with Crippen LogP contribution in [0.4, 0.5) is 26.0 Å². The molecule has 1 aromatic heterocycles. The number of nitrogens with one attached hydrogen (secondary N) is 1. The predicted octanol–water partition coefficient (Wildman–Crippen LogP) is 4.78. The first kappa shape index (κ1) is 25.8. The summed E-state index contributed by atoms with van der Waals surface area (Å²) in [5.74, 6) is -1.61. The van der Waals surface area contributed by atoms with Crippen LogP contribution in [0.2, 0.25) is 5.02 Å². The smallest absolute Gasteiger partial charge is 0.372 e. The minimum atomic E-state index is -5.45. The van der Waals surface area contributed by atoms with Gasteiger partial charge < -0.3 is 24.7 Å². The van der Waals surface area contributed by atoms with Crippen LogP contribution in [0.5, 0.6) is 5.75 Å². The zero-order valence-corrected chi connectivity index (χ0v) is 20.1. The Hall–Kier alpha value is -2.85. The molecule has 2 aromatic carbocycles. The second-order valence-electron chi connectivity index (χ2n) is 7.22. The maximum atomic E-state index is 15.3. The highest BCUT2D eigenvalue weighted by Gasteiger charge is 2.55. The second-order valence-corrected chi connectivity index (χ2v) is 9.43. The molecular weight excluding hydrogens is 493 g/mol. The average Bonchev–Trinajstić information content (AvgIpc) is 2.80. The normalized spacial score (nSPS) is 13.4. The van der Waals surface area contributed by atoms with E-state index in [1.54, 1.807) is 0 Å². The zero-order valence-electron chi connectivity index (χ0n) is 18.4. The molecule has 0 saturated heterocycles. The number of fused-ring (bicyclic) bond motifs is 1. The van der Waals surface area contributed by atoms with Gasteiger partial charge in [0, 0.05) is 23.7 Å². The van der Waals surface area contributed by atoms with Gasteiger partial charge in [-0.25, -0.2) is 18.7 Å². The number of anilines is 3. The van der Waals surface area contributed by atoms with Crippen molar-refractivity contribution in [1.29, 1.82) is 0 Å². The van der Waals surface area contributed by atoms with E-state index in [-0.39, 0.29) is 28.8 Å². The SMILES string of the molecule is CCN(C(=O)C(F)(CC)P(=O)(O)O)c1cc2c(Nc3ccc(F)c(Cl)c3)ncnc2cc1OC. The third-order valence-corrected chi connectivity index (χ3v) is 6.95. The van der Waals surface area contributed by atoms with Crippen molar-refractivity contribution in [1.82, 2.24) is 9.97 Å². The number of benzene rings is 2. The number of halogens is 3. The van der Waals surface area contributed by atoms with Crippen molar-refractivity contribution >= 4 is 53.2 Å². The second kappa shape index (κ2) is 9.79. The summed E-state index contributed by atoms with van der Waals surface area (Å²) >= 11 is 5.84. The standard InChI is InChI=1S/C21H22ClF2N4O5P/c1-4-21(24,34(30,31)32)20(29)28(5-2)17-9-13-16(10-18(17)33-3)25-11-26-19(13)27-12-6-7-15(23)14(22)8-12/h6-11H,4-5H2,1-3H3,(H,25,26,27)(H2,30,31,32). The molecule has 182 valence electrons. The molecule has 3 rings (SSSR count). The van der Waals surface area contributed by atoms with Gasteiger partial charge in [-0.05, 0) is 37.6 Å². The van der Waals surface area contributed by atoms with Crippen molar-refractivity contribution in [2.45, 2.75) is 25.7 Å². The molecule has 0 aliphatic rings. The van der Waals surface area contributed by atoms with Crippen LogP contribution >= 0.6 is 19.2 Å². The molecule has 0 aliphatic carbocycles. The first-order valence-corrected chi connectivity index (χ1v) is 12.1. The van der Waals surface area contributed by atoms with Crippen molar-refractivity contribution in [3.63, 3.8) is 0 Å². The lowest BCUT2D eigenvalue weighted by Crippen LogP contribution is -2.46. The fourth-order valence-electron chi connectivity index (χ4n) is 3.37. The van der Waals surface area contributed by atoms with E-state index in [9.17, 15) is 23.5 Å². The molecule has 3 N–H and O–H groups in total. The highest BCUT2D eigenvalue weighted by molar-refractivity contribution is 7.54. The molecule has 1 unspecified atom stereocenters. The van der Waals surface area contributed by atoms with Gasteiger partial charge in [0.15, 0.2) is 0 Å². The van der Waals surface area contributed by atoms with E-state index in [2.05, 4.69) is 15.3 Å². The van der Waals surface area contributed by atoms with E-state index >= 15 is 4.39 Å². The van der Waals surface area contributed by atoms with E-state index in [0.717, 1.165) is 4.90 Å². The highest BCUT2D eigenvalue weighted by atomic mass is 35.5. The Morgan fingerprint density at radius 2 is 1.97 bits per heavy atom. The quantitative estimate of drug-likeness (QED) is 0.367. The molecule has 13 heteroatoms. The third-order valence-electron chi connectivity index (χ3n) is 5.23. The number of alkyl halides is 1. The summed E-state index contributed by atoms with van der Waals surface area (Å²) in [4.78, 5) is 41.4. The summed E-state index contributed by atoms with van der Waals surface area (Å²) in [5, 5.41) is -0.158. The average molecular weight is 515 g/mol. The number of rotatable bonds is 8. The molecular formula is C21H22ClF2N4O5P. The number of hydrogen-bond acceptors (Lipinski definition) is 6. The Bertz CT molecular complexity index is 1290. The van der Waals surface area contributed by atoms with E-state index < -0.39 is 31.2 Å². The van der Waals surface area contributed by atoms with Crippen LogP contribution in [0.25, 0.3) is 10.9 Å². The summed E-state index contributed by atoms with van der Waals surface area (Å²) in [6, 6.07) is 6.90. The molecule has 0 spiro atoms. The maximum absolute atomic E-state index is 15.3. The number of carbonyl (C=O) groups excluding carboxylic acids is 1. The van der Waals surface area contributed by atoms with Gasteiger partial charge in [0.2, 0.25) is 0 Å². The number of hydrogen-bond donors (Lipinski definition) is 3. The van der Waals surface area contributed by atoms with E-state index in [0.29, 0.717) is 16.6 Å². The summed E-state index contributed by atoms with van der Waals surface area (Å²) in [6.45, 7) is 2.58. The van der Waals surface area contributed by atoms with Gasteiger partial charge in [0.05, 0.1) is 23.3 Å². The van der Waals surface area contributed by atoms with Gasteiger partial charge in [-0.3, -0.25) is 9.36 Å². The van der Waals surface area contributed by atoms with Crippen molar-refractivity contribution < 1.29 is 32.7 Å². The number of aromatic nitrogens is 2. The van der Waals surface area contributed by atoms with E-state index in [1.807, 2.05) is 0 Å². The fraction of sp³-hybridized carbons (Fsp3) is 0.286. The minimum Gasteiger partial charge on any atom is -0.494 e. The van der Waals surface area contributed by atoms with Gasteiger partial charge in [0.1, 0.15) is 23.7 Å². The molecule has 0 radical (unpaired) electrons. The summed E-state index contributed by atoms with van der Waals surface area (Å²) in [5.41, 5.74) is 0.871. The molecule has 3 aromatic rings. The van der Waals surface area contributed by atoms with Crippen LogP contribution < -0.4 is 15.0 Å². The molecule has 0 fully saturated rings. The van der Waals surface area contributed by atoms with E-state index in [1.165, 1.54) is 57.6 Å². The van der Waals surface area contributed by atoms with Crippen molar-refractivity contribution in [3.8, 4) is 5.75 Å². The maximum Gasteiger partial charge on any atom is 0.372 e. The number of carbonyl (C=O) groups is 1. The van der Waals surface area contributed by atoms with Crippen LogP contribution in [-0.2, 0) is 9.36 Å². The summed E-state index contributed by atoms with van der Waals surface area (Å²) in [6.07, 6.45) is 0.541.